The van der Waals surface area contributed by atoms with Crippen LogP contribution in [0, 0.1) is 11.8 Å². The zero-order chi connectivity index (χ0) is 27.2. The summed E-state index contributed by atoms with van der Waals surface area (Å²) in [5, 5.41) is 10.7. The number of ether oxygens (including phenoxy) is 2. The van der Waals surface area contributed by atoms with E-state index >= 15 is 0 Å². The van der Waals surface area contributed by atoms with E-state index in [1.54, 1.807) is 0 Å². The average molecular weight is 535 g/mol. The van der Waals surface area contributed by atoms with Crippen molar-refractivity contribution in [3.8, 4) is 0 Å². The van der Waals surface area contributed by atoms with Crippen LogP contribution < -0.4 is 0 Å². The van der Waals surface area contributed by atoms with Crippen molar-refractivity contribution in [2.24, 2.45) is 11.8 Å². The molecule has 1 aromatic rings. The average Bonchev–Trinajstić information content (AvgIpc) is 3.30. The van der Waals surface area contributed by atoms with Gasteiger partial charge in [0.05, 0.1) is 30.8 Å². The lowest BCUT2D eigenvalue weighted by Gasteiger charge is -2.42. The molecule has 8 heteroatoms. The highest BCUT2D eigenvalue weighted by Crippen LogP contribution is 2.58. The standard InChI is InChI=1S/C31H38N2O6/c1-30-16-9-4-10-19-38-29(37)25(30)24-27(35)33(23(20-34)21-12-5-2-6-13-21)26-28(36)32(22-14-7-3-8-15-22)18-11-17-31(24,26)39-30/h2,5-6,9,11-13,16-17,22-26,34H,3-4,7-8,10,14-15,18-20H2,1H3/b16-9-/t23-,24+,25+,26?,30-,31+/m1/s1. The minimum atomic E-state index is -1.36. The maximum atomic E-state index is 14.6. The third-order valence-corrected chi connectivity index (χ3v) is 9.43. The van der Waals surface area contributed by atoms with Gasteiger partial charge in [-0.25, -0.2) is 0 Å². The first-order valence-electron chi connectivity index (χ1n) is 14.4. The molecule has 2 amide bonds. The van der Waals surface area contributed by atoms with Crippen LogP contribution in [-0.4, -0.2) is 75.7 Å². The summed E-state index contributed by atoms with van der Waals surface area (Å²) in [6.07, 6.45) is 14.2. The topological polar surface area (TPSA) is 96.4 Å². The lowest BCUT2D eigenvalue weighted by Crippen LogP contribution is -2.58. The molecule has 1 N–H and O–H groups in total. The maximum absolute atomic E-state index is 14.6. The van der Waals surface area contributed by atoms with Crippen molar-refractivity contribution < 1.29 is 29.0 Å². The minimum absolute atomic E-state index is 0.0883. The van der Waals surface area contributed by atoms with Crippen LogP contribution in [0.2, 0.25) is 0 Å². The van der Waals surface area contributed by atoms with E-state index in [4.69, 9.17) is 9.47 Å². The zero-order valence-electron chi connectivity index (χ0n) is 22.5. The summed E-state index contributed by atoms with van der Waals surface area (Å²) >= 11 is 0. The van der Waals surface area contributed by atoms with Gasteiger partial charge in [0.1, 0.15) is 17.6 Å². The first kappa shape index (κ1) is 26.3. The summed E-state index contributed by atoms with van der Waals surface area (Å²) in [6.45, 7) is 2.16. The third kappa shape index (κ3) is 4.14. The van der Waals surface area contributed by atoms with Crippen LogP contribution in [0.3, 0.4) is 0 Å². The Kier molecular flexibility index (Phi) is 6.88. The van der Waals surface area contributed by atoms with Crippen molar-refractivity contribution in [2.75, 3.05) is 19.8 Å². The van der Waals surface area contributed by atoms with Crippen LogP contribution >= 0.6 is 0 Å². The summed E-state index contributed by atoms with van der Waals surface area (Å²) < 4.78 is 12.5. The van der Waals surface area contributed by atoms with Crippen molar-refractivity contribution in [1.82, 2.24) is 9.80 Å². The number of rotatable bonds is 4. The van der Waals surface area contributed by atoms with E-state index in [0.717, 1.165) is 44.1 Å². The SMILES string of the molecule is C[C@@]12/C=C\CCCOC(=O)[C@@H]1[C@H]1C(=O)N([C@H](CO)c3ccccc3)C3C(=O)N(C4CCCCC4)CC=C[C@@]31O2. The highest BCUT2D eigenvalue weighted by Gasteiger charge is 2.75. The molecule has 6 atom stereocenters. The molecule has 39 heavy (non-hydrogen) atoms. The number of cyclic esters (lactones) is 1. The van der Waals surface area contributed by atoms with Crippen LogP contribution in [0.5, 0.6) is 0 Å². The molecule has 2 saturated heterocycles. The Labute approximate surface area is 229 Å². The number of fused-ring (bicyclic) bond motifs is 2. The fourth-order valence-corrected chi connectivity index (χ4v) is 7.68. The number of allylic oxidation sites excluding steroid dienone is 1. The van der Waals surface area contributed by atoms with Gasteiger partial charge in [-0.05, 0) is 38.2 Å². The van der Waals surface area contributed by atoms with E-state index in [9.17, 15) is 19.5 Å². The van der Waals surface area contributed by atoms with E-state index in [2.05, 4.69) is 0 Å². The first-order valence-corrected chi connectivity index (χ1v) is 14.4. The first-order chi connectivity index (χ1) is 18.9. The quantitative estimate of drug-likeness (QED) is 0.470. The third-order valence-electron chi connectivity index (χ3n) is 9.43. The van der Waals surface area contributed by atoms with Crippen molar-refractivity contribution in [1.29, 1.82) is 0 Å². The van der Waals surface area contributed by atoms with E-state index in [1.807, 2.05) is 66.5 Å². The van der Waals surface area contributed by atoms with Gasteiger partial charge in [0, 0.05) is 12.6 Å². The van der Waals surface area contributed by atoms with Gasteiger partial charge >= 0.3 is 5.97 Å². The predicted octanol–water partition coefficient (Wildman–Crippen LogP) is 3.32. The molecule has 4 aliphatic heterocycles. The Bertz CT molecular complexity index is 1180. The Balaban J connectivity index is 1.51. The second kappa shape index (κ2) is 10.2. The molecule has 8 nitrogen and oxygen atoms in total. The molecule has 1 aliphatic carbocycles. The Hall–Kier alpha value is -2.97. The van der Waals surface area contributed by atoms with E-state index in [-0.39, 0.29) is 31.1 Å². The number of amides is 2. The van der Waals surface area contributed by atoms with Gasteiger partial charge in [-0.2, -0.15) is 0 Å². The molecule has 1 aromatic carbocycles. The smallest absolute Gasteiger partial charge is 0.313 e. The van der Waals surface area contributed by atoms with Crippen LogP contribution in [0.25, 0.3) is 0 Å². The summed E-state index contributed by atoms with van der Waals surface area (Å²) in [4.78, 5) is 46.3. The van der Waals surface area contributed by atoms with E-state index < -0.39 is 41.1 Å². The number of carbonyl (C=O) groups excluding carboxylic acids is 3. The van der Waals surface area contributed by atoms with Gasteiger partial charge in [0.15, 0.2) is 0 Å². The number of carbonyl (C=O) groups is 3. The summed E-state index contributed by atoms with van der Waals surface area (Å²) in [5.41, 5.74) is -1.74. The summed E-state index contributed by atoms with van der Waals surface area (Å²) in [7, 11) is 0. The summed E-state index contributed by atoms with van der Waals surface area (Å²) in [6, 6.07) is 7.61. The van der Waals surface area contributed by atoms with Crippen LogP contribution in [0.4, 0.5) is 0 Å². The highest BCUT2D eigenvalue weighted by molar-refractivity contribution is 5.99. The van der Waals surface area contributed by atoms with Crippen LogP contribution in [-0.2, 0) is 23.9 Å². The van der Waals surface area contributed by atoms with Crippen LogP contribution in [0.15, 0.2) is 54.6 Å². The summed E-state index contributed by atoms with van der Waals surface area (Å²) in [5.74, 6) is -2.88. The van der Waals surface area contributed by atoms with Gasteiger partial charge in [-0.1, -0.05) is 73.9 Å². The lowest BCUT2D eigenvalue weighted by molar-refractivity contribution is -0.162. The fraction of sp³-hybridized carbons (Fsp3) is 0.581. The normalized spacial score (nSPS) is 36.7. The largest absolute Gasteiger partial charge is 0.465 e. The maximum Gasteiger partial charge on any atom is 0.313 e. The number of hydrogen-bond donors (Lipinski definition) is 1. The molecule has 208 valence electrons. The Morgan fingerprint density at radius 2 is 1.74 bits per heavy atom. The lowest BCUT2D eigenvalue weighted by atomic mass is 9.74. The zero-order valence-corrected chi connectivity index (χ0v) is 22.5. The van der Waals surface area contributed by atoms with Crippen molar-refractivity contribution in [2.45, 2.75) is 81.2 Å². The van der Waals surface area contributed by atoms with E-state index in [0.29, 0.717) is 13.0 Å². The van der Waals surface area contributed by atoms with Gasteiger partial charge in [-0.15, -0.1) is 0 Å². The second-order valence-electron chi connectivity index (χ2n) is 11.7. The molecule has 1 spiro atoms. The molecule has 0 radical (unpaired) electrons. The molecule has 1 saturated carbocycles. The molecular weight excluding hydrogens is 496 g/mol. The van der Waals surface area contributed by atoms with Crippen molar-refractivity contribution in [3.05, 3.63) is 60.2 Å². The number of hydrogen-bond acceptors (Lipinski definition) is 6. The Morgan fingerprint density at radius 1 is 0.974 bits per heavy atom. The number of benzene rings is 1. The second-order valence-corrected chi connectivity index (χ2v) is 11.7. The number of esters is 1. The van der Waals surface area contributed by atoms with E-state index in [1.165, 1.54) is 4.90 Å². The Morgan fingerprint density at radius 3 is 2.49 bits per heavy atom. The molecule has 5 aliphatic rings. The van der Waals surface area contributed by atoms with Gasteiger partial charge in [0.25, 0.3) is 0 Å². The number of aliphatic hydroxyl groups is 1. The molecule has 0 bridgehead atoms. The molecule has 0 aromatic heterocycles. The minimum Gasteiger partial charge on any atom is -0.465 e. The van der Waals surface area contributed by atoms with Crippen molar-refractivity contribution in [3.63, 3.8) is 0 Å². The van der Waals surface area contributed by atoms with Gasteiger partial charge in [-0.3, -0.25) is 14.4 Å². The monoisotopic (exact) mass is 534 g/mol. The van der Waals surface area contributed by atoms with Gasteiger partial charge < -0.3 is 24.4 Å². The van der Waals surface area contributed by atoms with Gasteiger partial charge in [0.2, 0.25) is 11.8 Å². The molecule has 4 heterocycles. The molecule has 1 unspecified atom stereocenters. The highest BCUT2D eigenvalue weighted by atomic mass is 16.6. The molecular formula is C31H38N2O6. The fourth-order valence-electron chi connectivity index (χ4n) is 7.68. The van der Waals surface area contributed by atoms with Crippen molar-refractivity contribution >= 4 is 17.8 Å². The molecule has 3 fully saturated rings. The number of nitrogens with zero attached hydrogens (tertiary/aromatic N) is 2. The number of likely N-dealkylation sites (tertiary alicyclic amines) is 1. The molecule has 6 rings (SSSR count). The number of aliphatic hydroxyl groups excluding tert-OH is 1. The van der Waals surface area contributed by atoms with Crippen LogP contribution in [0.1, 0.15) is 63.5 Å². The predicted molar refractivity (Wildman–Crippen MR) is 143 cm³/mol.